The molecule has 0 saturated carbocycles. The Kier molecular flexibility index (Phi) is 4.72. The van der Waals surface area contributed by atoms with E-state index in [0.717, 1.165) is 12.1 Å². The number of rotatable bonds is 4. The minimum atomic E-state index is -4.35. The van der Waals surface area contributed by atoms with Gasteiger partial charge in [-0.25, -0.2) is 4.98 Å². The Balaban J connectivity index is 1.66. The largest absolute Gasteiger partial charge is 0.487 e. The van der Waals surface area contributed by atoms with E-state index in [1.807, 2.05) is 6.07 Å². The van der Waals surface area contributed by atoms with Crippen LogP contribution in [0.15, 0.2) is 53.9 Å². The molecular weight excluding hydrogens is 349 g/mol. The van der Waals surface area contributed by atoms with Crippen molar-refractivity contribution < 1.29 is 17.9 Å². The molecule has 0 saturated heterocycles. The average Bonchev–Trinajstić information content (AvgIpc) is 3.09. The number of ether oxygens (including phenoxy) is 1. The Morgan fingerprint density at radius 3 is 2.32 bits per heavy atom. The van der Waals surface area contributed by atoms with Crippen LogP contribution in [0.3, 0.4) is 0 Å². The van der Waals surface area contributed by atoms with Gasteiger partial charge < -0.3 is 4.74 Å². The molecule has 0 unspecified atom stereocenters. The molecule has 3 aromatic rings. The van der Waals surface area contributed by atoms with Gasteiger partial charge in [-0.2, -0.15) is 18.4 Å². The highest BCUT2D eigenvalue weighted by Crippen LogP contribution is 2.31. The van der Waals surface area contributed by atoms with Crippen LogP contribution in [0.1, 0.15) is 16.8 Å². The van der Waals surface area contributed by atoms with Gasteiger partial charge in [-0.1, -0.05) is 12.1 Å². The van der Waals surface area contributed by atoms with Crippen molar-refractivity contribution in [3.05, 3.63) is 70.7 Å². The summed E-state index contributed by atoms with van der Waals surface area (Å²) in [5.41, 5.74) is 1.18. The van der Waals surface area contributed by atoms with Crippen LogP contribution < -0.4 is 4.74 Å². The minimum Gasteiger partial charge on any atom is -0.487 e. The minimum absolute atomic E-state index is 0.239. The number of hydrogen-bond donors (Lipinski definition) is 0. The molecule has 126 valence electrons. The second kappa shape index (κ2) is 6.95. The molecule has 1 aromatic heterocycles. The molecule has 7 heteroatoms. The predicted molar refractivity (Wildman–Crippen MR) is 88.0 cm³/mol. The third-order valence-electron chi connectivity index (χ3n) is 3.38. The SMILES string of the molecule is N#Cc1ccc(OCc2csc(-c3ccc(C(F)(F)F)cc3)n2)cc1. The highest BCUT2D eigenvalue weighted by molar-refractivity contribution is 7.13. The molecule has 0 amide bonds. The molecule has 1 heterocycles. The average molecular weight is 360 g/mol. The summed E-state index contributed by atoms with van der Waals surface area (Å²) in [6.07, 6.45) is -4.35. The van der Waals surface area contributed by atoms with Crippen molar-refractivity contribution in [3.63, 3.8) is 0 Å². The first kappa shape index (κ1) is 17.0. The van der Waals surface area contributed by atoms with Gasteiger partial charge in [0.25, 0.3) is 0 Å². The van der Waals surface area contributed by atoms with Crippen molar-refractivity contribution in [1.82, 2.24) is 4.98 Å². The Hall–Kier alpha value is -2.85. The van der Waals surface area contributed by atoms with Crippen LogP contribution in [0.4, 0.5) is 13.2 Å². The van der Waals surface area contributed by atoms with E-state index < -0.39 is 11.7 Å². The second-order valence-electron chi connectivity index (χ2n) is 5.14. The fraction of sp³-hybridized carbons (Fsp3) is 0.111. The molecule has 25 heavy (non-hydrogen) atoms. The summed E-state index contributed by atoms with van der Waals surface area (Å²) in [5.74, 6) is 0.614. The molecule has 3 nitrogen and oxygen atoms in total. The first-order valence-corrected chi connectivity index (χ1v) is 8.09. The molecule has 0 spiro atoms. The molecule has 0 radical (unpaired) electrons. The van der Waals surface area contributed by atoms with Gasteiger partial charge in [-0.15, -0.1) is 11.3 Å². The maximum Gasteiger partial charge on any atom is 0.416 e. The number of aromatic nitrogens is 1. The van der Waals surface area contributed by atoms with E-state index in [0.29, 0.717) is 27.6 Å². The zero-order chi connectivity index (χ0) is 17.9. The summed E-state index contributed by atoms with van der Waals surface area (Å²) < 4.78 is 43.4. The van der Waals surface area contributed by atoms with E-state index in [-0.39, 0.29) is 6.61 Å². The predicted octanol–water partition coefficient (Wildman–Crippen LogP) is 5.28. The van der Waals surface area contributed by atoms with E-state index in [2.05, 4.69) is 4.98 Å². The van der Waals surface area contributed by atoms with E-state index in [1.54, 1.807) is 29.6 Å². The van der Waals surface area contributed by atoms with E-state index in [4.69, 9.17) is 10.00 Å². The van der Waals surface area contributed by atoms with E-state index in [9.17, 15) is 13.2 Å². The van der Waals surface area contributed by atoms with Crippen LogP contribution >= 0.6 is 11.3 Å². The van der Waals surface area contributed by atoms with Crippen molar-refractivity contribution in [2.24, 2.45) is 0 Å². The van der Waals surface area contributed by atoms with Crippen molar-refractivity contribution in [1.29, 1.82) is 5.26 Å². The zero-order valence-corrected chi connectivity index (χ0v) is 13.6. The van der Waals surface area contributed by atoms with Crippen LogP contribution in [-0.4, -0.2) is 4.98 Å². The lowest BCUT2D eigenvalue weighted by molar-refractivity contribution is -0.137. The molecular formula is C18H11F3N2OS. The van der Waals surface area contributed by atoms with Crippen molar-refractivity contribution in [2.75, 3.05) is 0 Å². The van der Waals surface area contributed by atoms with Crippen molar-refractivity contribution in [2.45, 2.75) is 12.8 Å². The first-order chi connectivity index (χ1) is 12.0. The fourth-order valence-electron chi connectivity index (χ4n) is 2.09. The van der Waals surface area contributed by atoms with Crippen molar-refractivity contribution >= 4 is 11.3 Å². The molecule has 0 aliphatic rings. The molecule has 0 aliphatic carbocycles. The topological polar surface area (TPSA) is 45.9 Å². The van der Waals surface area contributed by atoms with E-state index in [1.165, 1.54) is 23.5 Å². The summed E-state index contributed by atoms with van der Waals surface area (Å²) in [6.45, 7) is 0.239. The number of benzene rings is 2. The van der Waals surface area contributed by atoms with Gasteiger partial charge in [-0.3, -0.25) is 0 Å². The maximum absolute atomic E-state index is 12.6. The van der Waals surface area contributed by atoms with Crippen LogP contribution in [0, 0.1) is 11.3 Å². The number of alkyl halides is 3. The Bertz CT molecular complexity index is 894. The quantitative estimate of drug-likeness (QED) is 0.636. The van der Waals surface area contributed by atoms with Gasteiger partial charge >= 0.3 is 6.18 Å². The van der Waals surface area contributed by atoms with Gasteiger partial charge in [0.2, 0.25) is 0 Å². The van der Waals surface area contributed by atoms with E-state index >= 15 is 0 Å². The second-order valence-corrected chi connectivity index (χ2v) is 6.00. The highest BCUT2D eigenvalue weighted by atomic mass is 32.1. The molecule has 0 bridgehead atoms. The lowest BCUT2D eigenvalue weighted by atomic mass is 10.1. The maximum atomic E-state index is 12.6. The van der Waals surface area contributed by atoms with Crippen molar-refractivity contribution in [3.8, 4) is 22.4 Å². The zero-order valence-electron chi connectivity index (χ0n) is 12.7. The molecule has 2 aromatic carbocycles. The lowest BCUT2D eigenvalue weighted by Gasteiger charge is -2.06. The highest BCUT2D eigenvalue weighted by Gasteiger charge is 2.30. The summed E-state index contributed by atoms with van der Waals surface area (Å²) in [5, 5.41) is 11.2. The summed E-state index contributed by atoms with van der Waals surface area (Å²) in [6, 6.07) is 13.6. The number of nitrogens with zero attached hydrogens (tertiary/aromatic N) is 2. The van der Waals surface area contributed by atoms with Gasteiger partial charge in [0.15, 0.2) is 0 Å². The molecule has 0 aliphatic heterocycles. The van der Waals surface area contributed by atoms with Crippen LogP contribution in [0.5, 0.6) is 5.75 Å². The summed E-state index contributed by atoms with van der Waals surface area (Å²) >= 11 is 1.34. The fourth-order valence-corrected chi connectivity index (χ4v) is 2.90. The Labute approximate surface area is 146 Å². The third-order valence-corrected chi connectivity index (χ3v) is 4.32. The number of thiazole rings is 1. The first-order valence-electron chi connectivity index (χ1n) is 7.21. The van der Waals surface area contributed by atoms with Crippen LogP contribution in [-0.2, 0) is 12.8 Å². The van der Waals surface area contributed by atoms with Crippen LogP contribution in [0.2, 0.25) is 0 Å². The smallest absolute Gasteiger partial charge is 0.416 e. The normalized spacial score (nSPS) is 11.1. The van der Waals surface area contributed by atoms with Gasteiger partial charge in [-0.05, 0) is 36.4 Å². The molecule has 0 fully saturated rings. The molecule has 0 N–H and O–H groups in total. The monoisotopic (exact) mass is 360 g/mol. The van der Waals surface area contributed by atoms with Gasteiger partial charge in [0, 0.05) is 10.9 Å². The number of nitriles is 1. The lowest BCUT2D eigenvalue weighted by Crippen LogP contribution is -2.03. The Morgan fingerprint density at radius 2 is 1.72 bits per heavy atom. The molecule has 0 atom stereocenters. The van der Waals surface area contributed by atoms with Gasteiger partial charge in [0.05, 0.1) is 22.9 Å². The summed E-state index contributed by atoms with van der Waals surface area (Å²) in [4.78, 5) is 4.38. The van der Waals surface area contributed by atoms with Crippen LogP contribution in [0.25, 0.3) is 10.6 Å². The standard InChI is InChI=1S/C18H11F3N2OS/c19-18(20,21)14-5-3-13(4-6-14)17-23-15(11-25-17)10-24-16-7-1-12(9-22)2-8-16/h1-8,11H,10H2. The third kappa shape index (κ3) is 4.17. The Morgan fingerprint density at radius 1 is 1.04 bits per heavy atom. The number of halogens is 3. The molecule has 3 rings (SSSR count). The van der Waals surface area contributed by atoms with Gasteiger partial charge in [0.1, 0.15) is 17.4 Å². The number of hydrogen-bond acceptors (Lipinski definition) is 4. The summed E-state index contributed by atoms with van der Waals surface area (Å²) in [7, 11) is 0.